The monoisotopic (exact) mass is 464 g/mol. The number of aliphatic imine (C=N–C) groups is 1. The Labute approximate surface area is 200 Å². The summed E-state index contributed by atoms with van der Waals surface area (Å²) in [5.74, 6) is 1.67. The normalized spacial score (nSPS) is 11.6. The molecule has 0 radical (unpaired) electrons. The number of thioether (sulfide) groups is 1. The van der Waals surface area contributed by atoms with Crippen molar-refractivity contribution in [3.05, 3.63) is 94.5 Å². The van der Waals surface area contributed by atoms with Gasteiger partial charge in [-0.25, -0.2) is 4.99 Å². The van der Waals surface area contributed by atoms with Crippen LogP contribution in [0.3, 0.4) is 0 Å². The summed E-state index contributed by atoms with van der Waals surface area (Å²) in [6.45, 7) is 6.26. The Morgan fingerprint density at radius 1 is 1.00 bits per heavy atom. The first-order valence-electron chi connectivity index (χ1n) is 10.5. The second kappa shape index (κ2) is 12.4. The van der Waals surface area contributed by atoms with Crippen LogP contribution in [-0.4, -0.2) is 43.1 Å². The summed E-state index contributed by atoms with van der Waals surface area (Å²) < 4.78 is 0. The molecule has 0 heterocycles. The van der Waals surface area contributed by atoms with E-state index in [9.17, 15) is 0 Å². The molecule has 3 aromatic carbocycles. The lowest BCUT2D eigenvalue weighted by atomic mass is 10.0. The predicted octanol–water partition coefficient (Wildman–Crippen LogP) is 5.95. The van der Waals surface area contributed by atoms with Gasteiger partial charge in [0.2, 0.25) is 0 Å². The molecule has 0 fully saturated rings. The highest BCUT2D eigenvalue weighted by Gasteiger charge is 2.04. The lowest BCUT2D eigenvalue weighted by Gasteiger charge is -2.16. The van der Waals surface area contributed by atoms with Gasteiger partial charge < -0.3 is 10.3 Å². The lowest BCUT2D eigenvalue weighted by Crippen LogP contribution is -2.20. The van der Waals surface area contributed by atoms with E-state index >= 15 is 0 Å². The van der Waals surface area contributed by atoms with Crippen molar-refractivity contribution in [2.45, 2.75) is 13.1 Å². The molecule has 4 nitrogen and oxygen atoms in total. The SMILES string of the molecule is C=N/C(=N\NCc1ccc(-c2cccc(CN(C)CCSC)c2)cc1)c1cccc(Cl)c1. The molecule has 0 unspecified atom stereocenters. The first-order chi connectivity index (χ1) is 15.6. The molecule has 6 heteroatoms. The predicted molar refractivity (Wildman–Crippen MR) is 141 cm³/mol. The van der Waals surface area contributed by atoms with Gasteiger partial charge in [-0.15, -0.1) is 0 Å². The van der Waals surface area contributed by atoms with Gasteiger partial charge in [0.15, 0.2) is 5.84 Å². The summed E-state index contributed by atoms with van der Waals surface area (Å²) in [7, 11) is 2.17. The Kier molecular flexibility index (Phi) is 9.35. The minimum Gasteiger partial charge on any atom is -0.304 e. The van der Waals surface area contributed by atoms with Crippen molar-refractivity contribution in [1.82, 2.24) is 10.3 Å². The van der Waals surface area contributed by atoms with Crippen LogP contribution in [0.1, 0.15) is 16.7 Å². The van der Waals surface area contributed by atoms with Crippen molar-refractivity contribution in [3.8, 4) is 11.1 Å². The van der Waals surface area contributed by atoms with Crippen molar-refractivity contribution >= 4 is 35.9 Å². The molecule has 0 atom stereocenters. The van der Waals surface area contributed by atoms with E-state index in [0.29, 0.717) is 17.4 Å². The third-order valence-corrected chi connectivity index (χ3v) is 5.87. The van der Waals surface area contributed by atoms with Crippen LogP contribution in [0.25, 0.3) is 11.1 Å². The van der Waals surface area contributed by atoms with E-state index in [4.69, 9.17) is 11.6 Å². The molecular formula is C26H29ClN4S. The number of amidine groups is 1. The lowest BCUT2D eigenvalue weighted by molar-refractivity contribution is 0.349. The molecule has 3 rings (SSSR count). The van der Waals surface area contributed by atoms with Gasteiger partial charge in [0.05, 0.1) is 6.54 Å². The highest BCUT2D eigenvalue weighted by Crippen LogP contribution is 2.22. The smallest absolute Gasteiger partial charge is 0.178 e. The van der Waals surface area contributed by atoms with Crippen LogP contribution in [0.4, 0.5) is 0 Å². The van der Waals surface area contributed by atoms with Crippen LogP contribution in [0.2, 0.25) is 5.02 Å². The van der Waals surface area contributed by atoms with Gasteiger partial charge in [-0.3, -0.25) is 0 Å². The van der Waals surface area contributed by atoms with Gasteiger partial charge in [0.1, 0.15) is 0 Å². The van der Waals surface area contributed by atoms with Crippen LogP contribution in [0.15, 0.2) is 82.9 Å². The summed E-state index contributed by atoms with van der Waals surface area (Å²) in [6, 6.07) is 24.7. The molecule has 0 saturated carbocycles. The Balaban J connectivity index is 1.61. The van der Waals surface area contributed by atoms with E-state index in [1.54, 1.807) is 0 Å². The maximum Gasteiger partial charge on any atom is 0.178 e. The third kappa shape index (κ3) is 7.23. The molecular weight excluding hydrogens is 436 g/mol. The second-order valence-electron chi connectivity index (χ2n) is 7.57. The molecule has 0 aliphatic carbocycles. The highest BCUT2D eigenvalue weighted by atomic mass is 35.5. The van der Waals surface area contributed by atoms with Gasteiger partial charge >= 0.3 is 0 Å². The molecule has 0 bridgehead atoms. The molecule has 0 aromatic heterocycles. The fourth-order valence-corrected chi connectivity index (χ4v) is 4.01. The Morgan fingerprint density at radius 2 is 1.78 bits per heavy atom. The van der Waals surface area contributed by atoms with Gasteiger partial charge in [-0.2, -0.15) is 16.9 Å². The maximum absolute atomic E-state index is 6.05. The van der Waals surface area contributed by atoms with Gasteiger partial charge in [-0.05, 0) is 60.5 Å². The van der Waals surface area contributed by atoms with Crippen LogP contribution in [0.5, 0.6) is 0 Å². The zero-order valence-electron chi connectivity index (χ0n) is 18.6. The number of benzene rings is 3. The number of hydrazone groups is 1. The van der Waals surface area contributed by atoms with Crippen LogP contribution in [0, 0.1) is 0 Å². The Hall–Kier alpha value is -2.60. The first kappa shape index (κ1) is 24.1. The summed E-state index contributed by atoms with van der Waals surface area (Å²) in [5, 5.41) is 5.01. The number of nitrogens with zero attached hydrogens (tertiary/aromatic N) is 3. The van der Waals surface area contributed by atoms with Crippen LogP contribution >= 0.6 is 23.4 Å². The van der Waals surface area contributed by atoms with Crippen molar-refractivity contribution in [1.29, 1.82) is 0 Å². The molecule has 0 spiro atoms. The van der Waals surface area contributed by atoms with E-state index in [0.717, 1.165) is 30.0 Å². The largest absolute Gasteiger partial charge is 0.304 e. The quantitative estimate of drug-likeness (QED) is 0.229. The Morgan fingerprint density at radius 3 is 2.50 bits per heavy atom. The molecule has 166 valence electrons. The van der Waals surface area contributed by atoms with Gasteiger partial charge in [0, 0.05) is 29.4 Å². The van der Waals surface area contributed by atoms with Crippen LogP contribution < -0.4 is 5.43 Å². The van der Waals surface area contributed by atoms with Crippen molar-refractivity contribution in [2.24, 2.45) is 10.1 Å². The number of halogens is 1. The zero-order valence-corrected chi connectivity index (χ0v) is 20.2. The minimum atomic E-state index is 0.517. The average molecular weight is 465 g/mol. The first-order valence-corrected chi connectivity index (χ1v) is 12.2. The van der Waals surface area contributed by atoms with Gasteiger partial charge in [0.25, 0.3) is 0 Å². The van der Waals surface area contributed by atoms with Crippen LogP contribution in [-0.2, 0) is 13.1 Å². The topological polar surface area (TPSA) is 40.0 Å². The van der Waals surface area contributed by atoms with Gasteiger partial charge in [-0.1, -0.05) is 66.2 Å². The van der Waals surface area contributed by atoms with E-state index in [2.05, 4.69) is 89.0 Å². The molecule has 0 amide bonds. The fraction of sp³-hybridized carbons (Fsp3) is 0.231. The van der Waals surface area contributed by atoms with E-state index < -0.39 is 0 Å². The van der Waals surface area contributed by atoms with Crippen molar-refractivity contribution in [2.75, 3.05) is 25.6 Å². The van der Waals surface area contributed by atoms with E-state index in [1.807, 2.05) is 36.0 Å². The molecule has 3 aromatic rings. The molecule has 0 aliphatic rings. The summed E-state index contributed by atoms with van der Waals surface area (Å²) in [6.07, 6.45) is 2.15. The zero-order chi connectivity index (χ0) is 22.8. The average Bonchev–Trinajstić information content (AvgIpc) is 2.81. The minimum absolute atomic E-state index is 0.517. The summed E-state index contributed by atoms with van der Waals surface area (Å²) >= 11 is 7.94. The third-order valence-electron chi connectivity index (χ3n) is 5.04. The number of nitrogens with one attached hydrogen (secondary N) is 1. The molecule has 0 aliphatic heterocycles. The fourth-order valence-electron chi connectivity index (χ4n) is 3.33. The molecule has 1 N–H and O–H groups in total. The van der Waals surface area contributed by atoms with E-state index in [1.165, 1.54) is 16.7 Å². The number of hydrogen-bond acceptors (Lipinski definition) is 4. The maximum atomic E-state index is 6.05. The Bertz CT molecular complexity index is 1050. The van der Waals surface area contributed by atoms with Crippen molar-refractivity contribution < 1.29 is 0 Å². The molecule has 32 heavy (non-hydrogen) atoms. The number of hydrogen-bond donors (Lipinski definition) is 1. The second-order valence-corrected chi connectivity index (χ2v) is 8.99. The summed E-state index contributed by atoms with van der Waals surface area (Å²) in [5.41, 5.74) is 8.82. The standard InChI is InChI=1S/C26H29ClN4S/c1-28-26(24-8-5-9-25(27)17-24)30-29-18-20-10-12-22(13-11-20)23-7-4-6-21(16-23)19-31(2)14-15-32-3/h4-13,16-17,29H,1,14-15,18-19H2,2-3H3/b30-26-. The summed E-state index contributed by atoms with van der Waals surface area (Å²) in [4.78, 5) is 6.37. The van der Waals surface area contributed by atoms with E-state index in [-0.39, 0.29) is 0 Å². The highest BCUT2D eigenvalue weighted by molar-refractivity contribution is 7.98. The van der Waals surface area contributed by atoms with Crippen molar-refractivity contribution in [3.63, 3.8) is 0 Å². The number of rotatable bonds is 10. The molecule has 0 saturated heterocycles.